The number of carbonyl (C=O) groups excluding carboxylic acids is 2. The molecule has 0 fully saturated rings. The highest BCUT2D eigenvalue weighted by atomic mass is 16.6. The zero-order chi connectivity index (χ0) is 26.5. The minimum Gasteiger partial charge on any atom is -0.493 e. The molecular formula is C24H34N4O7. The average Bonchev–Trinajstić information content (AvgIpc) is 2.83. The van der Waals surface area contributed by atoms with Crippen LogP contribution in [0.15, 0.2) is 39.8 Å². The summed E-state index contributed by atoms with van der Waals surface area (Å²) in [6.07, 6.45) is 2.95. The summed E-state index contributed by atoms with van der Waals surface area (Å²) in [7, 11) is 2.75. The molecule has 0 saturated heterocycles. The first-order chi connectivity index (χ1) is 16.6. The van der Waals surface area contributed by atoms with Gasteiger partial charge in [0.05, 0.1) is 30.8 Å². The summed E-state index contributed by atoms with van der Waals surface area (Å²) in [6.45, 7) is 8.75. The Hall–Kier alpha value is -3.89. The number of nitrogens with zero attached hydrogens (tertiary/aromatic N) is 2. The molecule has 0 aliphatic rings. The van der Waals surface area contributed by atoms with Crippen LogP contribution in [0, 0.1) is 10.1 Å². The molecule has 1 aromatic rings. The van der Waals surface area contributed by atoms with Gasteiger partial charge in [0.1, 0.15) is 18.1 Å². The van der Waals surface area contributed by atoms with E-state index in [2.05, 4.69) is 15.6 Å². The Morgan fingerprint density at radius 2 is 1.71 bits per heavy atom. The molecule has 0 aromatic heterocycles. The molecule has 11 heteroatoms. The van der Waals surface area contributed by atoms with Gasteiger partial charge < -0.3 is 19.5 Å². The van der Waals surface area contributed by atoms with Gasteiger partial charge in [-0.2, -0.15) is 0 Å². The van der Waals surface area contributed by atoms with Gasteiger partial charge in [-0.25, -0.2) is 4.79 Å². The molecule has 1 aromatic carbocycles. The third-order valence-electron chi connectivity index (χ3n) is 4.89. The van der Waals surface area contributed by atoms with Gasteiger partial charge in [0.2, 0.25) is 0 Å². The minimum atomic E-state index is -0.898. The number of carbonyl (C=O) groups is 2. The molecule has 11 nitrogen and oxygen atoms in total. The Morgan fingerprint density at radius 3 is 2.23 bits per heavy atom. The van der Waals surface area contributed by atoms with Gasteiger partial charge in [-0.3, -0.25) is 25.2 Å². The van der Waals surface area contributed by atoms with Gasteiger partial charge in [0.15, 0.2) is 11.5 Å². The predicted octanol–water partition coefficient (Wildman–Crippen LogP) is 4.76. The monoisotopic (exact) mass is 490 g/mol. The van der Waals surface area contributed by atoms with E-state index in [1.165, 1.54) is 26.4 Å². The summed E-state index contributed by atoms with van der Waals surface area (Å²) in [4.78, 5) is 40.4. The van der Waals surface area contributed by atoms with Crippen LogP contribution in [0.25, 0.3) is 0 Å². The van der Waals surface area contributed by atoms with Crippen LogP contribution in [0.5, 0.6) is 11.5 Å². The second kappa shape index (κ2) is 14.4. The van der Waals surface area contributed by atoms with Crippen molar-refractivity contribution in [2.75, 3.05) is 14.2 Å². The number of ether oxygens (including phenoxy) is 3. The first-order valence-electron chi connectivity index (χ1n) is 11.1. The van der Waals surface area contributed by atoms with Gasteiger partial charge in [0.25, 0.3) is 11.6 Å². The molecule has 0 saturated carbocycles. The molecule has 2 N–H and O–H groups in total. The standard InChI is InChI=1S/C24H34N4O7/c1-8-10-11-25-21(15(3)4)23(29)26-22(16(5)9-2)27-24(30)35-14-17-12-19(33-6)20(34-7)13-18(17)28(31)32/h11-13H,8-10,14H2,1-7H3,(H,26,29)(H,27,30)/b22-16+,25-11?. The maximum absolute atomic E-state index is 12.8. The maximum Gasteiger partial charge on any atom is 0.413 e. The molecule has 35 heavy (non-hydrogen) atoms. The lowest BCUT2D eigenvalue weighted by Crippen LogP contribution is -2.37. The van der Waals surface area contributed by atoms with Gasteiger partial charge in [-0.15, -0.1) is 0 Å². The van der Waals surface area contributed by atoms with E-state index in [0.29, 0.717) is 17.6 Å². The largest absolute Gasteiger partial charge is 0.493 e. The number of allylic oxidation sites excluding steroid dienone is 2. The van der Waals surface area contributed by atoms with Crippen molar-refractivity contribution in [2.24, 2.45) is 4.99 Å². The summed E-state index contributed by atoms with van der Waals surface area (Å²) in [5.41, 5.74) is 1.48. The van der Waals surface area contributed by atoms with Crippen molar-refractivity contribution < 1.29 is 28.7 Å². The Bertz CT molecular complexity index is 1020. The molecule has 0 spiro atoms. The lowest BCUT2D eigenvalue weighted by Gasteiger charge is -2.16. The van der Waals surface area contributed by atoms with Gasteiger partial charge >= 0.3 is 6.09 Å². The van der Waals surface area contributed by atoms with Crippen LogP contribution in [0.2, 0.25) is 0 Å². The summed E-state index contributed by atoms with van der Waals surface area (Å²) in [5, 5.41) is 16.7. The van der Waals surface area contributed by atoms with Crippen LogP contribution in [0.4, 0.5) is 10.5 Å². The quantitative estimate of drug-likeness (QED) is 0.186. The molecule has 2 amide bonds. The van der Waals surface area contributed by atoms with Crippen molar-refractivity contribution in [1.29, 1.82) is 0 Å². The summed E-state index contributed by atoms with van der Waals surface area (Å²) in [5.74, 6) is 0.116. The van der Waals surface area contributed by atoms with Crippen molar-refractivity contribution in [3.8, 4) is 11.5 Å². The Morgan fingerprint density at radius 1 is 1.09 bits per heavy atom. The van der Waals surface area contributed by atoms with Crippen molar-refractivity contribution in [1.82, 2.24) is 10.6 Å². The number of hydrogen-bond acceptors (Lipinski definition) is 8. The number of aliphatic imine (C=N–C) groups is 1. The van der Waals surface area contributed by atoms with Crippen molar-refractivity contribution in [3.05, 3.63) is 50.5 Å². The number of alkyl carbamates (subject to hydrolysis) is 1. The molecule has 0 heterocycles. The Labute approximate surface area is 205 Å². The highest BCUT2D eigenvalue weighted by Crippen LogP contribution is 2.34. The molecule has 0 aliphatic carbocycles. The molecule has 0 aliphatic heterocycles. The van der Waals surface area contributed by atoms with Crippen LogP contribution in [0.3, 0.4) is 0 Å². The Balaban J connectivity index is 3.05. The fourth-order valence-electron chi connectivity index (χ4n) is 2.77. The van der Waals surface area contributed by atoms with Crippen molar-refractivity contribution >= 4 is 23.9 Å². The summed E-state index contributed by atoms with van der Waals surface area (Å²) >= 11 is 0. The highest BCUT2D eigenvalue weighted by Gasteiger charge is 2.21. The van der Waals surface area contributed by atoms with E-state index in [1.54, 1.807) is 27.0 Å². The topological polar surface area (TPSA) is 141 Å². The SMILES string of the molecule is CCCC=NC(C(=O)N/C(NC(=O)OCc1cc(OC)c(OC)cc1[N+](=O)[O-])=C(/C)CC)=C(C)C. The van der Waals surface area contributed by atoms with E-state index in [-0.39, 0.29) is 34.3 Å². The second-order valence-corrected chi connectivity index (χ2v) is 7.71. The third kappa shape index (κ3) is 8.76. The first kappa shape index (κ1) is 29.1. The zero-order valence-electron chi connectivity index (χ0n) is 21.3. The number of amides is 2. The first-order valence-corrected chi connectivity index (χ1v) is 11.1. The second-order valence-electron chi connectivity index (χ2n) is 7.71. The number of nitro groups is 1. The van der Waals surface area contributed by atoms with E-state index in [0.717, 1.165) is 12.8 Å². The molecule has 1 rings (SSSR count). The predicted molar refractivity (Wildman–Crippen MR) is 132 cm³/mol. The van der Waals surface area contributed by atoms with E-state index in [9.17, 15) is 19.7 Å². The molecule has 0 bridgehead atoms. The number of methoxy groups -OCH3 is 2. The maximum atomic E-state index is 12.8. The van der Waals surface area contributed by atoms with Crippen LogP contribution in [-0.4, -0.2) is 37.4 Å². The number of benzene rings is 1. The van der Waals surface area contributed by atoms with Gasteiger partial charge in [0, 0.05) is 6.21 Å². The Kier molecular flexibility index (Phi) is 12.0. The molecular weight excluding hydrogens is 456 g/mol. The fourth-order valence-corrected chi connectivity index (χ4v) is 2.77. The normalized spacial score (nSPS) is 11.4. The van der Waals surface area contributed by atoms with Gasteiger partial charge in [-0.05, 0) is 50.8 Å². The zero-order valence-corrected chi connectivity index (χ0v) is 21.3. The molecule has 0 radical (unpaired) electrons. The van der Waals surface area contributed by atoms with E-state index >= 15 is 0 Å². The number of unbranched alkanes of at least 4 members (excludes halogenated alkanes) is 1. The number of nitrogens with one attached hydrogen (secondary N) is 2. The lowest BCUT2D eigenvalue weighted by molar-refractivity contribution is -0.385. The van der Waals surface area contributed by atoms with Crippen LogP contribution in [-0.2, 0) is 16.1 Å². The fraction of sp³-hybridized carbons (Fsp3) is 0.458. The lowest BCUT2D eigenvalue weighted by atomic mass is 10.1. The summed E-state index contributed by atoms with van der Waals surface area (Å²) < 4.78 is 15.5. The van der Waals surface area contributed by atoms with Crippen LogP contribution < -0.4 is 20.1 Å². The number of nitro benzene ring substituents is 1. The smallest absolute Gasteiger partial charge is 0.413 e. The highest BCUT2D eigenvalue weighted by molar-refractivity contribution is 5.96. The van der Waals surface area contributed by atoms with E-state index < -0.39 is 23.5 Å². The van der Waals surface area contributed by atoms with E-state index in [1.807, 2.05) is 13.8 Å². The average molecular weight is 491 g/mol. The minimum absolute atomic E-state index is 0.113. The molecule has 192 valence electrons. The number of hydrogen-bond donors (Lipinski definition) is 2. The van der Waals surface area contributed by atoms with E-state index in [4.69, 9.17) is 14.2 Å². The van der Waals surface area contributed by atoms with Crippen LogP contribution >= 0.6 is 0 Å². The molecule has 0 atom stereocenters. The van der Waals surface area contributed by atoms with Gasteiger partial charge in [-0.1, -0.05) is 20.3 Å². The third-order valence-corrected chi connectivity index (χ3v) is 4.89. The number of rotatable bonds is 12. The van der Waals surface area contributed by atoms with Crippen molar-refractivity contribution in [2.45, 2.75) is 60.5 Å². The summed E-state index contributed by atoms with van der Waals surface area (Å²) in [6, 6.07) is 2.57. The van der Waals surface area contributed by atoms with Crippen molar-refractivity contribution in [3.63, 3.8) is 0 Å². The van der Waals surface area contributed by atoms with Crippen LogP contribution in [0.1, 0.15) is 59.4 Å². The molecule has 0 unspecified atom stereocenters.